The number of hydrogen-bond donors (Lipinski definition) is 0. The van der Waals surface area contributed by atoms with Gasteiger partial charge in [0.15, 0.2) is 0 Å². The Morgan fingerprint density at radius 2 is 1.61 bits per heavy atom. The van der Waals surface area contributed by atoms with Crippen molar-refractivity contribution in [2.75, 3.05) is 0 Å². The highest BCUT2D eigenvalue weighted by molar-refractivity contribution is 6.70. The van der Waals surface area contributed by atoms with Gasteiger partial charge in [0, 0.05) is 5.88 Å². The lowest BCUT2D eigenvalue weighted by atomic mass is 10.1. The molecule has 0 bridgehead atoms. The summed E-state index contributed by atoms with van der Waals surface area (Å²) in [4.78, 5) is 0. The van der Waals surface area contributed by atoms with Gasteiger partial charge in [0.2, 0.25) is 8.32 Å². The second-order valence-corrected chi connectivity index (χ2v) is 11.5. The Bertz CT molecular complexity index is 657. The van der Waals surface area contributed by atoms with Crippen molar-refractivity contribution in [2.24, 2.45) is 0 Å². The van der Waals surface area contributed by atoms with Crippen molar-refractivity contribution < 1.29 is 9.16 Å². The second kappa shape index (κ2) is 7.41. The molecule has 0 atom stereocenters. The third-order valence-electron chi connectivity index (χ3n) is 3.53. The summed E-state index contributed by atoms with van der Waals surface area (Å²) < 4.78 is 12.2. The van der Waals surface area contributed by atoms with Gasteiger partial charge >= 0.3 is 0 Å². The smallest absolute Gasteiger partial charge is 0.242 e. The summed E-state index contributed by atoms with van der Waals surface area (Å²) in [5.74, 6) is 2.32. The SMILES string of the molecule is Cc1cccc(C)c1OCc1cc(O[Si](C)(C)C)ccc1CCl. The van der Waals surface area contributed by atoms with Crippen molar-refractivity contribution in [2.45, 2.75) is 46.0 Å². The fraction of sp³-hybridized carbons (Fsp3) is 0.368. The maximum Gasteiger partial charge on any atom is 0.242 e. The number of benzene rings is 2. The average molecular weight is 349 g/mol. The van der Waals surface area contributed by atoms with E-state index in [-0.39, 0.29) is 0 Å². The van der Waals surface area contributed by atoms with E-state index < -0.39 is 8.32 Å². The van der Waals surface area contributed by atoms with Crippen LogP contribution in [0, 0.1) is 13.8 Å². The van der Waals surface area contributed by atoms with Gasteiger partial charge in [0.25, 0.3) is 0 Å². The number of hydrogen-bond acceptors (Lipinski definition) is 2. The van der Waals surface area contributed by atoms with Crippen LogP contribution in [0.15, 0.2) is 36.4 Å². The van der Waals surface area contributed by atoms with Gasteiger partial charge in [-0.25, -0.2) is 0 Å². The quantitative estimate of drug-likeness (QED) is 0.482. The molecule has 2 nitrogen and oxygen atoms in total. The van der Waals surface area contributed by atoms with E-state index in [1.165, 1.54) is 0 Å². The molecule has 0 amide bonds. The van der Waals surface area contributed by atoms with Crippen molar-refractivity contribution in [3.8, 4) is 11.5 Å². The van der Waals surface area contributed by atoms with Crippen molar-refractivity contribution in [1.82, 2.24) is 0 Å². The summed E-state index contributed by atoms with van der Waals surface area (Å²) in [6, 6.07) is 12.3. The van der Waals surface area contributed by atoms with Crippen LogP contribution in [0.4, 0.5) is 0 Å². The van der Waals surface area contributed by atoms with Crippen LogP contribution in [0.5, 0.6) is 11.5 Å². The molecule has 0 aliphatic rings. The summed E-state index contributed by atoms with van der Waals surface area (Å²) >= 11 is 6.07. The Morgan fingerprint density at radius 3 is 2.17 bits per heavy atom. The summed E-state index contributed by atoms with van der Waals surface area (Å²) in [6.45, 7) is 11.2. The van der Waals surface area contributed by atoms with Crippen LogP contribution in [-0.2, 0) is 12.5 Å². The predicted octanol–water partition coefficient (Wildman–Crippen LogP) is 5.83. The van der Waals surface area contributed by atoms with Crippen LogP contribution < -0.4 is 9.16 Å². The molecule has 4 heteroatoms. The molecular formula is C19H25ClO2Si. The maximum atomic E-state index is 6.08. The lowest BCUT2D eigenvalue weighted by Gasteiger charge is -2.21. The topological polar surface area (TPSA) is 18.5 Å². The van der Waals surface area contributed by atoms with Gasteiger partial charge in [-0.05, 0) is 67.9 Å². The molecule has 0 spiro atoms. The Morgan fingerprint density at radius 1 is 0.957 bits per heavy atom. The van der Waals surface area contributed by atoms with Gasteiger partial charge < -0.3 is 9.16 Å². The highest BCUT2D eigenvalue weighted by Crippen LogP contribution is 2.26. The van der Waals surface area contributed by atoms with E-state index in [0.29, 0.717) is 12.5 Å². The molecular weight excluding hydrogens is 324 g/mol. The highest BCUT2D eigenvalue weighted by Gasteiger charge is 2.17. The molecule has 2 aromatic rings. The van der Waals surface area contributed by atoms with Crippen LogP contribution in [-0.4, -0.2) is 8.32 Å². The third-order valence-corrected chi connectivity index (χ3v) is 4.66. The van der Waals surface area contributed by atoms with Crippen molar-refractivity contribution in [1.29, 1.82) is 0 Å². The van der Waals surface area contributed by atoms with E-state index in [2.05, 4.69) is 51.7 Å². The lowest BCUT2D eigenvalue weighted by molar-refractivity contribution is 0.300. The van der Waals surface area contributed by atoms with Crippen LogP contribution in [0.3, 0.4) is 0 Å². The minimum atomic E-state index is -1.63. The Balaban J connectivity index is 2.22. The van der Waals surface area contributed by atoms with Crippen molar-refractivity contribution >= 4 is 19.9 Å². The molecule has 124 valence electrons. The average Bonchev–Trinajstić information content (AvgIpc) is 2.45. The minimum absolute atomic E-state index is 0.471. The molecule has 0 radical (unpaired) electrons. The molecule has 0 saturated heterocycles. The van der Waals surface area contributed by atoms with E-state index in [9.17, 15) is 0 Å². The zero-order chi connectivity index (χ0) is 17.0. The normalized spacial score (nSPS) is 11.4. The second-order valence-electron chi connectivity index (χ2n) is 6.79. The van der Waals surface area contributed by atoms with Crippen LogP contribution in [0.1, 0.15) is 22.3 Å². The Kier molecular flexibility index (Phi) is 5.77. The first kappa shape index (κ1) is 17.9. The predicted molar refractivity (Wildman–Crippen MR) is 100 cm³/mol. The van der Waals surface area contributed by atoms with Crippen LogP contribution in [0.2, 0.25) is 19.6 Å². The molecule has 0 heterocycles. The fourth-order valence-corrected chi connectivity index (χ4v) is 3.56. The molecule has 0 N–H and O–H groups in total. The first-order chi connectivity index (χ1) is 10.8. The number of aryl methyl sites for hydroxylation is 2. The Labute approximate surface area is 145 Å². The molecule has 2 aromatic carbocycles. The lowest BCUT2D eigenvalue weighted by Crippen LogP contribution is -2.29. The number of para-hydroxylation sites is 1. The molecule has 0 aromatic heterocycles. The molecule has 0 aliphatic carbocycles. The molecule has 2 rings (SSSR count). The van der Waals surface area contributed by atoms with E-state index in [4.69, 9.17) is 20.8 Å². The zero-order valence-electron chi connectivity index (χ0n) is 14.6. The van der Waals surface area contributed by atoms with Gasteiger partial charge in [0.1, 0.15) is 18.1 Å². The van der Waals surface area contributed by atoms with Gasteiger partial charge in [-0.1, -0.05) is 24.3 Å². The van der Waals surface area contributed by atoms with Gasteiger partial charge in [0.05, 0.1) is 0 Å². The van der Waals surface area contributed by atoms with Crippen molar-refractivity contribution in [3.63, 3.8) is 0 Å². The van der Waals surface area contributed by atoms with Crippen LogP contribution in [0.25, 0.3) is 0 Å². The van der Waals surface area contributed by atoms with E-state index in [1.54, 1.807) is 0 Å². The van der Waals surface area contributed by atoms with E-state index in [1.807, 2.05) is 18.2 Å². The summed E-state index contributed by atoms with van der Waals surface area (Å²) in [6.07, 6.45) is 0. The number of ether oxygens (including phenoxy) is 1. The fourth-order valence-electron chi connectivity index (χ4n) is 2.46. The zero-order valence-corrected chi connectivity index (χ0v) is 16.3. The summed E-state index contributed by atoms with van der Waals surface area (Å²) in [7, 11) is -1.63. The minimum Gasteiger partial charge on any atom is -0.544 e. The Hall–Kier alpha value is -1.45. The number of rotatable bonds is 6. The molecule has 0 saturated carbocycles. The number of alkyl halides is 1. The van der Waals surface area contributed by atoms with Gasteiger partial charge in [-0.3, -0.25) is 0 Å². The summed E-state index contributed by atoms with van der Waals surface area (Å²) in [5.41, 5.74) is 4.46. The standard InChI is InChI=1S/C19H25ClO2Si/c1-14-7-6-8-15(2)19(14)21-13-17-11-18(22-23(3,4)5)10-9-16(17)12-20/h6-11H,12-13H2,1-5H3. The van der Waals surface area contributed by atoms with Crippen molar-refractivity contribution in [3.05, 3.63) is 58.7 Å². The van der Waals surface area contributed by atoms with E-state index in [0.717, 1.165) is 33.8 Å². The molecule has 0 fully saturated rings. The summed E-state index contributed by atoms with van der Waals surface area (Å²) in [5, 5.41) is 0. The van der Waals surface area contributed by atoms with E-state index >= 15 is 0 Å². The van der Waals surface area contributed by atoms with Gasteiger partial charge in [-0.15, -0.1) is 11.6 Å². The van der Waals surface area contributed by atoms with Crippen LogP contribution >= 0.6 is 11.6 Å². The maximum absolute atomic E-state index is 6.08. The molecule has 0 unspecified atom stereocenters. The first-order valence-corrected chi connectivity index (χ1v) is 11.8. The number of halogens is 1. The van der Waals surface area contributed by atoms with Gasteiger partial charge in [-0.2, -0.15) is 0 Å². The first-order valence-electron chi connectivity index (χ1n) is 7.86. The highest BCUT2D eigenvalue weighted by atomic mass is 35.5. The largest absolute Gasteiger partial charge is 0.544 e. The molecule has 23 heavy (non-hydrogen) atoms. The third kappa shape index (κ3) is 5.01. The molecule has 0 aliphatic heterocycles. The monoisotopic (exact) mass is 348 g/mol.